The molecule has 15 nitrogen and oxygen atoms in total. The van der Waals surface area contributed by atoms with Crippen molar-refractivity contribution in [2.24, 2.45) is 23.7 Å². The van der Waals surface area contributed by atoms with Crippen LogP contribution in [0.2, 0.25) is 0 Å². The number of Topliss-reactive ketones (excluding diaryl/α,β-unsaturated/α-hetero) is 1. The predicted octanol–water partition coefficient (Wildman–Crippen LogP) is 31.7. The van der Waals surface area contributed by atoms with Gasteiger partial charge < -0.3 is 30.5 Å². The van der Waals surface area contributed by atoms with Gasteiger partial charge in [0.1, 0.15) is 5.76 Å². The number of aromatic nitrogens is 5. The summed E-state index contributed by atoms with van der Waals surface area (Å²) in [6, 6.07) is 101. The Morgan fingerprint density at radius 2 is 0.662 bits per heavy atom. The average Bonchev–Trinajstić information content (AvgIpc) is 1.73. The number of rotatable bonds is 22. The fraction of sp³-hybridized carbons (Fsp3) is 0.273. The van der Waals surface area contributed by atoms with Crippen LogP contribution in [0.3, 0.4) is 0 Å². The van der Waals surface area contributed by atoms with Crippen LogP contribution in [0.25, 0.3) is 109 Å². The first-order valence-corrected chi connectivity index (χ1v) is 47.6. The van der Waals surface area contributed by atoms with Crippen LogP contribution in [-0.2, 0) is 124 Å². The third-order valence-corrected chi connectivity index (χ3v) is 23.0. The van der Waals surface area contributed by atoms with Crippen molar-refractivity contribution in [3.8, 4) is 55.6 Å². The summed E-state index contributed by atoms with van der Waals surface area (Å²) in [5.41, 5.74) is 21.2. The van der Waals surface area contributed by atoms with Crippen LogP contribution < -0.4 is 0 Å². The van der Waals surface area contributed by atoms with Crippen LogP contribution in [0.1, 0.15) is 189 Å². The summed E-state index contributed by atoms with van der Waals surface area (Å²) in [6.07, 6.45) is 13.7. The molecule has 0 unspecified atom stereocenters. The summed E-state index contributed by atoms with van der Waals surface area (Å²) in [5, 5.41) is 50.8. The van der Waals surface area contributed by atoms with Crippen molar-refractivity contribution in [1.29, 1.82) is 0 Å². The molecule has 6 aromatic heterocycles. The van der Waals surface area contributed by atoms with Crippen molar-refractivity contribution in [3.05, 3.63) is 377 Å². The Bertz CT molecular complexity index is 6190. The number of hydrogen-bond donors (Lipinski definition) is 5. The van der Waals surface area contributed by atoms with E-state index in [0.717, 1.165) is 129 Å². The van der Waals surface area contributed by atoms with Crippen LogP contribution in [0.5, 0.6) is 0 Å². The molecule has 0 bridgehead atoms. The molecule has 142 heavy (non-hydrogen) atoms. The zero-order chi connectivity index (χ0) is 101. The predicted molar refractivity (Wildman–Crippen MR) is 570 cm³/mol. The molecule has 5 N–H and O–H groups in total. The number of nitrogens with zero attached hydrogens (tertiary/aromatic N) is 5. The molecule has 15 rings (SSSR count). The van der Waals surface area contributed by atoms with E-state index in [2.05, 4.69) is 240 Å². The number of allylic oxidation sites excluding steroid dienone is 10. The van der Waals surface area contributed by atoms with Gasteiger partial charge in [-0.1, -0.05) is 204 Å². The second kappa shape index (κ2) is 69.1. The maximum atomic E-state index is 12.1. The Morgan fingerprint density at radius 3 is 1.01 bits per heavy atom. The molecular formula is C121H134Ir5N5O10S-5. The Kier molecular flexibility index (Phi) is 62.8. The first-order chi connectivity index (χ1) is 65.5. The molecule has 0 saturated carbocycles. The van der Waals surface area contributed by atoms with Crippen LogP contribution in [-0.4, -0.2) is 79.4 Å². The van der Waals surface area contributed by atoms with E-state index in [1.807, 2.05) is 153 Å². The summed E-state index contributed by atoms with van der Waals surface area (Å²) in [7, 11) is 0. The van der Waals surface area contributed by atoms with Crippen LogP contribution in [0, 0.1) is 95.5 Å². The Morgan fingerprint density at radius 1 is 0.324 bits per heavy atom. The van der Waals surface area contributed by atoms with Crippen LogP contribution in [0.4, 0.5) is 0 Å². The largest absolute Gasteiger partial charge is 0.512 e. The van der Waals surface area contributed by atoms with E-state index >= 15 is 0 Å². The summed E-state index contributed by atoms with van der Waals surface area (Å²) < 4.78 is 1.26. The minimum absolute atomic E-state index is 0. The number of benzene rings is 9. The van der Waals surface area contributed by atoms with E-state index in [9.17, 15) is 34.2 Å². The summed E-state index contributed by atoms with van der Waals surface area (Å²) in [4.78, 5) is 78.0. The number of hydrogen-bond acceptors (Lipinski definition) is 16. The first-order valence-electron chi connectivity index (χ1n) is 46.8. The maximum absolute atomic E-state index is 12.1. The SMILES string of the molecule is CC(=O)C=C(C)O.CC(=O)C=C(C)O.CC(=O)C=C(C)O.CCC(CC)C(=O)C(C)=C(O)C(CC)CC.CCC(CC)C(=O)C=C(O)C(CC)CC.Cc1cc[c-]c(-c2ccc3ccc(C)cc3n2)c1.Cc1cc[c-]c(-c2ccc3ccc(C)cc3n2)c1.Cc1cc[c-]c(-c2ccc3ccc(C)cc3n2)c1.[Ir].[Ir].[Ir].[Ir].[Ir].[c-]1c(-c2ccccn2)sc2ccccc12.[c-]1ccccc1-c1ccc2ccccc2n1. The number of thiophene rings is 1. The van der Waals surface area contributed by atoms with E-state index in [1.165, 1.54) is 131 Å². The number of carbonyl (C=O) groups is 5. The number of carbonyl (C=O) groups excluding carboxylic acids is 5. The van der Waals surface area contributed by atoms with Gasteiger partial charge in [0.05, 0.1) is 45.1 Å². The van der Waals surface area contributed by atoms with E-state index in [-0.39, 0.29) is 176 Å². The average molecular weight is 2810 g/mol. The quantitative estimate of drug-likeness (QED) is 0.0240. The van der Waals surface area contributed by atoms with Gasteiger partial charge in [0.25, 0.3) is 0 Å². The van der Waals surface area contributed by atoms with Crippen molar-refractivity contribution in [2.75, 3.05) is 0 Å². The van der Waals surface area contributed by atoms with Crippen molar-refractivity contribution in [1.82, 2.24) is 24.9 Å². The zero-order valence-corrected chi connectivity index (χ0v) is 97.9. The Balaban J connectivity index is 0.000000797. The van der Waals surface area contributed by atoms with Gasteiger partial charge in [0, 0.05) is 166 Å². The van der Waals surface area contributed by atoms with Crippen molar-refractivity contribution < 1.29 is 150 Å². The molecule has 0 saturated heterocycles. The molecule has 0 aliphatic carbocycles. The van der Waals surface area contributed by atoms with Gasteiger partial charge in [-0.25, -0.2) is 11.3 Å². The third-order valence-electron chi connectivity index (χ3n) is 21.9. The minimum Gasteiger partial charge on any atom is -0.512 e. The molecule has 0 fully saturated rings. The summed E-state index contributed by atoms with van der Waals surface area (Å²) in [6.45, 7) is 39.0. The fourth-order valence-corrected chi connectivity index (χ4v) is 15.3. The van der Waals surface area contributed by atoms with Gasteiger partial charge in [0.15, 0.2) is 28.9 Å². The zero-order valence-electron chi connectivity index (χ0n) is 85.1. The first kappa shape index (κ1) is 129. The topological polar surface area (TPSA) is 251 Å². The molecule has 9 aromatic carbocycles. The normalized spacial score (nSPS) is 10.9. The molecule has 6 heterocycles. The minimum atomic E-state index is -0.125. The number of pyridine rings is 5. The van der Waals surface area contributed by atoms with E-state index in [0.29, 0.717) is 11.3 Å². The van der Waals surface area contributed by atoms with Gasteiger partial charge in [-0.05, 0) is 222 Å². The van der Waals surface area contributed by atoms with E-state index < -0.39 is 0 Å². The van der Waals surface area contributed by atoms with Crippen molar-refractivity contribution in [2.45, 2.75) is 197 Å². The molecule has 759 valence electrons. The molecule has 15 aromatic rings. The second-order valence-corrected chi connectivity index (χ2v) is 34.6. The molecule has 0 aliphatic rings. The Labute approximate surface area is 913 Å². The number of aliphatic hydroxyl groups is 5. The number of aliphatic hydroxyl groups excluding tert-OH is 5. The molecule has 0 spiro atoms. The fourth-order valence-electron chi connectivity index (χ4n) is 14.4. The molecule has 5 radical (unpaired) electrons. The molecule has 21 heteroatoms. The maximum Gasteiger partial charge on any atom is 0.164 e. The number of ketones is 5. The van der Waals surface area contributed by atoms with Crippen molar-refractivity contribution >= 4 is 94.0 Å². The van der Waals surface area contributed by atoms with Crippen LogP contribution in [0.15, 0.2) is 314 Å². The van der Waals surface area contributed by atoms with Gasteiger partial charge in [-0.15, -0.1) is 166 Å². The Hall–Kier alpha value is -11.0. The van der Waals surface area contributed by atoms with E-state index in [1.54, 1.807) is 18.3 Å². The third kappa shape index (κ3) is 45.3. The standard InChI is InChI=1S/3C17H14N.C15H10N.C14H26O2.C13H8NS.C13H24O2.3C5H8O2.5Ir/c3*1-12-4-3-5-15(10-12)16-9-8-14-7-6-13(2)11-17(14)18-16;1-2-6-12(7-3-1)15-11-10-13-8-4-5-9-14(13)16-15;1-6-11(7-2)13(15)10(5)14(16)12(8-3)9-4;1-2-7-12-10(5-1)9-13(15-12)11-6-3-4-8-14-11;1-5-10(6-2)12(14)9-13(15)11(7-3)8-4;3*1-4(6)3-5(2)7;;;;;/h3*3-4,6-11H,1-2H3;1-6,8-11H;11-12,15H,6-9H2,1-5H3;1-8H;9-11,14H,5-8H2,1-4H3;3*3,6H,1-2H3;;;;;/q4*-1;;-1;;;;;;;;;. The number of para-hydroxylation sites is 1. The van der Waals surface area contributed by atoms with Crippen molar-refractivity contribution in [3.63, 3.8) is 0 Å². The van der Waals surface area contributed by atoms with E-state index in [4.69, 9.17) is 30.3 Å². The van der Waals surface area contributed by atoms with Crippen LogP contribution >= 0.6 is 11.3 Å². The molecule has 0 atom stereocenters. The second-order valence-electron chi connectivity index (χ2n) is 33.5. The van der Waals surface area contributed by atoms with Gasteiger partial charge in [-0.2, -0.15) is 0 Å². The molecule has 0 aliphatic heterocycles. The molecule has 0 amide bonds. The smallest absolute Gasteiger partial charge is 0.164 e. The van der Waals surface area contributed by atoms with Gasteiger partial charge in [0.2, 0.25) is 0 Å². The monoisotopic (exact) mass is 2810 g/mol. The van der Waals surface area contributed by atoms with Gasteiger partial charge in [-0.3, -0.25) is 43.9 Å². The number of aryl methyl sites for hydroxylation is 6. The summed E-state index contributed by atoms with van der Waals surface area (Å²) >= 11 is 1.73. The number of fused-ring (bicyclic) bond motifs is 5. The molecular weight excluding hydrogens is 2680 g/mol. The van der Waals surface area contributed by atoms with Gasteiger partial charge >= 0.3 is 0 Å². The summed E-state index contributed by atoms with van der Waals surface area (Å²) in [5.74, 6) is 0.991.